The number of nitrogens with one attached hydrogen (secondary N) is 17. The molecule has 42 heteroatoms. The van der Waals surface area contributed by atoms with E-state index in [9.17, 15) is 106 Å². The number of carbonyl (C=O) groups is 20. The van der Waals surface area contributed by atoms with Crippen molar-refractivity contribution in [3.8, 4) is 0 Å². The molecule has 0 aromatic heterocycles. The Balaban J connectivity index is 3.29. The second-order valence-corrected chi connectivity index (χ2v) is 37.5. The number of carbonyl (C=O) groups excluding carboxylic acids is 20. The van der Waals surface area contributed by atoms with Gasteiger partial charge in [0, 0.05) is 26.3 Å². The molecule has 1 aliphatic heterocycles. The van der Waals surface area contributed by atoms with Crippen molar-refractivity contribution in [1.29, 1.82) is 0 Å². The number of primary amides is 2. The standard InChI is InChI=1S/C82H144N20O22/c1-28-81(26,98-61(112)50(33-35-56(84)107)90-68(119)77(18,19)99-69(120)78(20,21)94-57(108)45(9)85-60(111)53(41-104)92-66(117)74(12,13)93-47(11)105)71(122)91-52(39-44(7)8)63(114)95-75(14,15)65(116)86-46(10)58(109)97-82(27,29-2)72(123)101-80(24,25)73(124)102-36-30-31-54(102)64(115)88-51(38-43(5)6)62(113)96-79(22,23)70(121)100-76(16,17)67(118)89-49(32-34-55(83)106)59(110)87-48(40-103)37-42(3)4/h42-46,48-54,103-104H,28-41H2,1-27H3,(H2,83,106)(H2,84,107)(H,85,111)(H,86,116)(H,87,110)(H,88,115)(H,89,118)(H,90,119)(H,91,122)(H,92,117)(H,93,105)(H,94,108)(H,95,114)(H,96,113)(H,97,109)(H,98,112)(H,99,120)(H,100,121)(H,101,123). The Morgan fingerprint density at radius 1 is 0.347 bits per heavy atom. The van der Waals surface area contributed by atoms with Crippen LogP contribution < -0.4 is 102 Å². The van der Waals surface area contributed by atoms with Gasteiger partial charge in [-0.2, -0.15) is 0 Å². The lowest BCUT2D eigenvalue weighted by Gasteiger charge is -2.37. The average molecular weight is 1760 g/mol. The highest BCUT2D eigenvalue weighted by Crippen LogP contribution is 2.25. The van der Waals surface area contributed by atoms with Crippen molar-refractivity contribution in [3.05, 3.63) is 0 Å². The minimum atomic E-state index is -1.90. The van der Waals surface area contributed by atoms with E-state index in [1.54, 1.807) is 34.6 Å². The van der Waals surface area contributed by atoms with Gasteiger partial charge in [-0.25, -0.2) is 0 Å². The van der Waals surface area contributed by atoms with E-state index in [1.807, 2.05) is 13.8 Å². The number of aliphatic hydroxyl groups excluding tert-OH is 2. The number of aliphatic hydroxyl groups is 2. The Morgan fingerprint density at radius 2 is 0.677 bits per heavy atom. The van der Waals surface area contributed by atoms with Gasteiger partial charge in [0.1, 0.15) is 98.2 Å². The zero-order chi connectivity index (χ0) is 96.5. The Morgan fingerprint density at radius 3 is 1.09 bits per heavy atom. The number of hydrogen-bond donors (Lipinski definition) is 21. The number of rotatable bonds is 50. The Hall–Kier alpha value is -10.7. The first-order valence-corrected chi connectivity index (χ1v) is 41.9. The predicted molar refractivity (Wildman–Crippen MR) is 456 cm³/mol. The topological polar surface area (TPSA) is 642 Å². The minimum absolute atomic E-state index is 0.0296. The van der Waals surface area contributed by atoms with E-state index < -0.39 is 248 Å². The molecule has 124 heavy (non-hydrogen) atoms. The molecule has 1 saturated heterocycles. The molecule has 1 rings (SSSR count). The third kappa shape index (κ3) is 34.4. The number of nitrogens with zero attached hydrogens (tertiary/aromatic N) is 1. The van der Waals surface area contributed by atoms with Crippen LogP contribution in [0.15, 0.2) is 0 Å². The Kier molecular flexibility index (Phi) is 41.6. The van der Waals surface area contributed by atoms with E-state index in [0.29, 0.717) is 12.8 Å². The normalized spacial score (nSPS) is 16.3. The number of likely N-dealkylation sites (tertiary alicyclic amines) is 1. The highest BCUT2D eigenvalue weighted by atomic mass is 16.3. The fourth-order valence-electron chi connectivity index (χ4n) is 12.5. The number of hydrogen-bond acceptors (Lipinski definition) is 22. The summed E-state index contributed by atoms with van der Waals surface area (Å²) in [6.07, 6.45) is -0.657. The van der Waals surface area contributed by atoms with Crippen LogP contribution in [-0.2, 0) is 95.9 Å². The zero-order valence-electron chi connectivity index (χ0n) is 77.5. The molecule has 23 N–H and O–H groups in total. The van der Waals surface area contributed by atoms with Gasteiger partial charge in [0.05, 0.1) is 19.3 Å². The van der Waals surface area contributed by atoms with Crippen molar-refractivity contribution in [2.75, 3.05) is 19.8 Å². The van der Waals surface area contributed by atoms with Crippen LogP contribution in [0.4, 0.5) is 0 Å². The van der Waals surface area contributed by atoms with Gasteiger partial charge in [-0.1, -0.05) is 55.4 Å². The molecule has 0 aromatic carbocycles. The molecule has 0 saturated carbocycles. The molecule has 1 fully saturated rings. The van der Waals surface area contributed by atoms with E-state index in [2.05, 4.69) is 90.4 Å². The second-order valence-electron chi connectivity index (χ2n) is 37.5. The molecule has 1 aliphatic rings. The molecular weight excluding hydrogens is 1620 g/mol. The van der Waals surface area contributed by atoms with Crippen LogP contribution in [0.1, 0.15) is 258 Å². The van der Waals surface area contributed by atoms with Gasteiger partial charge in [-0.15, -0.1) is 0 Å². The molecule has 0 bridgehead atoms. The van der Waals surface area contributed by atoms with E-state index in [0.717, 1.165) is 0 Å². The summed E-state index contributed by atoms with van der Waals surface area (Å²) in [4.78, 5) is 274. The zero-order valence-corrected chi connectivity index (χ0v) is 77.5. The maximum Gasteiger partial charge on any atom is 0.248 e. The smallest absolute Gasteiger partial charge is 0.248 e. The number of amides is 20. The van der Waals surface area contributed by atoms with Gasteiger partial charge in [-0.05, 0) is 200 Å². The van der Waals surface area contributed by atoms with E-state index in [4.69, 9.17) is 11.5 Å². The maximum absolute atomic E-state index is 14.6. The molecule has 20 amide bonds. The van der Waals surface area contributed by atoms with Crippen molar-refractivity contribution < 1.29 is 106 Å². The van der Waals surface area contributed by atoms with Crippen LogP contribution in [0, 0.1) is 17.8 Å². The van der Waals surface area contributed by atoms with Crippen LogP contribution in [0.25, 0.3) is 0 Å². The Labute approximate surface area is 727 Å². The van der Waals surface area contributed by atoms with Gasteiger partial charge in [0.15, 0.2) is 0 Å². The monoisotopic (exact) mass is 1760 g/mol. The van der Waals surface area contributed by atoms with Gasteiger partial charge in [-0.3, -0.25) is 95.9 Å². The van der Waals surface area contributed by atoms with Gasteiger partial charge < -0.3 is 117 Å². The van der Waals surface area contributed by atoms with Gasteiger partial charge in [0.25, 0.3) is 0 Å². The summed E-state index contributed by atoms with van der Waals surface area (Å²) in [5, 5.41) is 63.3. The number of nitrogens with two attached hydrogens (primary N) is 2. The first kappa shape index (κ1) is 111. The summed E-state index contributed by atoms with van der Waals surface area (Å²) in [6.45, 7) is 37.7. The first-order valence-electron chi connectivity index (χ1n) is 41.9. The van der Waals surface area contributed by atoms with Crippen LogP contribution in [0.3, 0.4) is 0 Å². The van der Waals surface area contributed by atoms with Crippen LogP contribution in [0.2, 0.25) is 0 Å². The summed E-state index contributed by atoms with van der Waals surface area (Å²) in [5.41, 5.74) is -5.08. The maximum atomic E-state index is 14.6. The Bertz CT molecular complexity index is 3910. The van der Waals surface area contributed by atoms with Gasteiger partial charge >= 0.3 is 0 Å². The van der Waals surface area contributed by atoms with Gasteiger partial charge in [0.2, 0.25) is 118 Å². The minimum Gasteiger partial charge on any atom is -0.394 e. The van der Waals surface area contributed by atoms with E-state index in [-0.39, 0.29) is 69.2 Å². The van der Waals surface area contributed by atoms with Crippen LogP contribution in [-0.4, -0.2) is 257 Å². The van der Waals surface area contributed by atoms with Crippen molar-refractivity contribution >= 4 is 118 Å². The summed E-state index contributed by atoms with van der Waals surface area (Å²) in [5.74, 6) is -17.3. The molecular formula is C82H144N20O22. The van der Waals surface area contributed by atoms with Crippen LogP contribution >= 0.6 is 0 Å². The lowest BCUT2D eigenvalue weighted by molar-refractivity contribution is -0.146. The molecule has 704 valence electrons. The molecule has 0 aliphatic carbocycles. The largest absolute Gasteiger partial charge is 0.394 e. The molecule has 1 heterocycles. The summed E-state index contributed by atoms with van der Waals surface area (Å²) in [6, 6.07) is -11.7. The SMILES string of the molecule is CCC(C)(NC(=O)C(C)NC(=O)C(C)(C)NC(=O)C(CC(C)C)NC(=O)C(C)(CC)NC(=O)C(CCC(N)=O)NC(=O)C(C)(C)NC(=O)C(C)(C)NC(=O)C(C)NC(=O)C(CO)NC(=O)C(C)(C)NC(C)=O)C(=O)NC(C)(C)C(=O)N1CCCC1C(=O)NC(CC(C)C)C(=O)NC(C)(C)C(=O)NC(C)(C)C(=O)NC(CCC(N)=O)C(=O)NC(CO)CC(C)C. The lowest BCUT2D eigenvalue weighted by Crippen LogP contribution is -2.67. The molecule has 0 radical (unpaired) electrons. The van der Waals surface area contributed by atoms with Crippen molar-refractivity contribution in [1.82, 2.24) is 95.3 Å². The molecule has 11 atom stereocenters. The van der Waals surface area contributed by atoms with E-state index >= 15 is 0 Å². The molecule has 0 aromatic rings. The molecule has 0 spiro atoms. The lowest BCUT2D eigenvalue weighted by atomic mass is 9.93. The summed E-state index contributed by atoms with van der Waals surface area (Å²) in [7, 11) is 0. The molecule has 11 unspecified atom stereocenters. The van der Waals surface area contributed by atoms with E-state index in [1.165, 1.54) is 143 Å². The van der Waals surface area contributed by atoms with Crippen molar-refractivity contribution in [2.24, 2.45) is 29.2 Å². The summed E-state index contributed by atoms with van der Waals surface area (Å²) >= 11 is 0. The third-order valence-corrected chi connectivity index (χ3v) is 20.9. The first-order chi connectivity index (χ1) is 56.5. The third-order valence-electron chi connectivity index (χ3n) is 20.9. The second kappa shape index (κ2) is 46.3. The fourth-order valence-corrected chi connectivity index (χ4v) is 12.5. The molecule has 42 nitrogen and oxygen atoms in total. The quantitative estimate of drug-likeness (QED) is 0.0280. The van der Waals surface area contributed by atoms with Crippen molar-refractivity contribution in [3.63, 3.8) is 0 Å². The highest BCUT2D eigenvalue weighted by molar-refractivity contribution is 6.04. The fraction of sp³-hybridized carbons (Fsp3) is 0.756. The van der Waals surface area contributed by atoms with Crippen LogP contribution in [0.5, 0.6) is 0 Å². The van der Waals surface area contributed by atoms with Crippen molar-refractivity contribution in [2.45, 2.75) is 362 Å². The highest BCUT2D eigenvalue weighted by Gasteiger charge is 2.49. The predicted octanol–water partition coefficient (Wildman–Crippen LogP) is -3.60. The average Bonchev–Trinajstić information content (AvgIpc) is 1.51. The summed E-state index contributed by atoms with van der Waals surface area (Å²) < 4.78 is 0.